The molecule has 3 nitrogen and oxygen atoms in total. The van der Waals surface area contributed by atoms with Crippen molar-refractivity contribution in [1.29, 1.82) is 0 Å². The molecule has 0 heterocycles. The quantitative estimate of drug-likeness (QED) is 0.780. The Morgan fingerprint density at radius 1 is 1.44 bits per heavy atom. The minimum absolute atomic E-state index is 0.0170. The molecule has 0 saturated heterocycles. The van der Waals surface area contributed by atoms with Gasteiger partial charge in [-0.2, -0.15) is 0 Å². The van der Waals surface area contributed by atoms with Gasteiger partial charge in [0.15, 0.2) is 0 Å². The molecule has 0 bridgehead atoms. The Hall–Kier alpha value is -0.580. The lowest BCUT2D eigenvalue weighted by molar-refractivity contribution is 0.238. The van der Waals surface area contributed by atoms with Crippen LogP contribution in [0, 0.1) is 0 Å². The van der Waals surface area contributed by atoms with Gasteiger partial charge in [-0.05, 0) is 31.5 Å². The molecule has 3 N–H and O–H groups in total. The van der Waals surface area contributed by atoms with E-state index in [9.17, 15) is 5.11 Å². The van der Waals surface area contributed by atoms with Crippen LogP contribution in [0.15, 0.2) is 22.7 Å². The third kappa shape index (κ3) is 3.47. The molecule has 90 valence electrons. The van der Waals surface area contributed by atoms with Crippen LogP contribution >= 0.6 is 15.9 Å². The number of nitrogens with one attached hydrogen (secondary N) is 1. The number of aromatic hydroxyl groups is 1. The number of phenols is 1. The molecule has 4 heteroatoms. The number of rotatable bonds is 5. The van der Waals surface area contributed by atoms with E-state index in [4.69, 9.17) is 5.11 Å². The zero-order chi connectivity index (χ0) is 12.1. The second-order valence-electron chi connectivity index (χ2n) is 3.91. The molecule has 0 spiro atoms. The van der Waals surface area contributed by atoms with Gasteiger partial charge >= 0.3 is 0 Å². The second-order valence-corrected chi connectivity index (χ2v) is 4.83. The summed E-state index contributed by atoms with van der Waals surface area (Å²) in [5.41, 5.74) is 0.858. The van der Waals surface area contributed by atoms with Gasteiger partial charge in [0.1, 0.15) is 5.75 Å². The highest BCUT2D eigenvalue weighted by Crippen LogP contribution is 2.29. The van der Waals surface area contributed by atoms with Crippen molar-refractivity contribution >= 4 is 15.9 Å². The fourth-order valence-corrected chi connectivity index (χ4v) is 2.01. The van der Waals surface area contributed by atoms with Gasteiger partial charge in [-0.1, -0.05) is 22.9 Å². The van der Waals surface area contributed by atoms with Crippen LogP contribution in [0.4, 0.5) is 0 Å². The highest BCUT2D eigenvalue weighted by atomic mass is 79.9. The van der Waals surface area contributed by atoms with Crippen molar-refractivity contribution in [3.8, 4) is 5.75 Å². The predicted molar refractivity (Wildman–Crippen MR) is 68.5 cm³/mol. The Balaban J connectivity index is 2.89. The first kappa shape index (κ1) is 13.5. The van der Waals surface area contributed by atoms with E-state index in [0.29, 0.717) is 0 Å². The Bertz CT molecular complexity index is 344. The predicted octanol–water partition coefficient (Wildman–Crippen LogP) is 2.58. The van der Waals surface area contributed by atoms with Gasteiger partial charge in [-0.15, -0.1) is 0 Å². The van der Waals surface area contributed by atoms with Crippen LogP contribution in [0.25, 0.3) is 0 Å². The fourth-order valence-electron chi connectivity index (χ4n) is 1.63. The van der Waals surface area contributed by atoms with Gasteiger partial charge in [0.25, 0.3) is 0 Å². The van der Waals surface area contributed by atoms with Crippen LogP contribution in [0.1, 0.15) is 31.9 Å². The Morgan fingerprint density at radius 3 is 2.69 bits per heavy atom. The van der Waals surface area contributed by atoms with E-state index in [1.807, 2.05) is 19.9 Å². The van der Waals surface area contributed by atoms with Crippen molar-refractivity contribution in [1.82, 2.24) is 5.32 Å². The van der Waals surface area contributed by atoms with E-state index in [-0.39, 0.29) is 24.4 Å². The Kier molecular flexibility index (Phi) is 5.25. The molecule has 0 radical (unpaired) electrons. The molecule has 1 unspecified atom stereocenters. The van der Waals surface area contributed by atoms with E-state index in [2.05, 4.69) is 21.2 Å². The van der Waals surface area contributed by atoms with E-state index >= 15 is 0 Å². The van der Waals surface area contributed by atoms with Gasteiger partial charge in [0.05, 0.1) is 6.61 Å². The smallest absolute Gasteiger partial charge is 0.120 e. The Labute approximate surface area is 105 Å². The highest BCUT2D eigenvalue weighted by molar-refractivity contribution is 9.10. The summed E-state index contributed by atoms with van der Waals surface area (Å²) in [4.78, 5) is 0. The van der Waals surface area contributed by atoms with Crippen LogP contribution in [0.3, 0.4) is 0 Å². The molecular formula is C12H18BrNO2. The number of halogens is 1. The van der Waals surface area contributed by atoms with Crippen LogP contribution < -0.4 is 5.32 Å². The summed E-state index contributed by atoms with van der Waals surface area (Å²) in [5, 5.41) is 22.1. The van der Waals surface area contributed by atoms with E-state index in [1.165, 1.54) is 0 Å². The van der Waals surface area contributed by atoms with Crippen LogP contribution in [0.5, 0.6) is 5.75 Å². The average molecular weight is 288 g/mol. The van der Waals surface area contributed by atoms with Gasteiger partial charge < -0.3 is 15.5 Å². The number of phenolic OH excluding ortho intramolecular Hbond substituents is 1. The standard InChI is InChI=1S/C12H18BrNO2/c1-3-11(14-8(2)7-15)10-6-9(13)4-5-12(10)16/h4-6,8,11,14-16H,3,7H2,1-2H3/t8-,11?/m1/s1. The van der Waals surface area contributed by atoms with Crippen molar-refractivity contribution in [3.63, 3.8) is 0 Å². The van der Waals surface area contributed by atoms with Crippen LogP contribution in [0.2, 0.25) is 0 Å². The van der Waals surface area contributed by atoms with E-state index < -0.39 is 0 Å². The maximum Gasteiger partial charge on any atom is 0.120 e. The second kappa shape index (κ2) is 6.23. The first-order chi connectivity index (χ1) is 7.58. The largest absolute Gasteiger partial charge is 0.508 e. The Morgan fingerprint density at radius 2 is 2.12 bits per heavy atom. The van der Waals surface area contributed by atoms with Crippen molar-refractivity contribution in [2.75, 3.05) is 6.61 Å². The summed E-state index contributed by atoms with van der Waals surface area (Å²) >= 11 is 3.39. The number of benzene rings is 1. The number of aliphatic hydroxyl groups excluding tert-OH is 1. The summed E-state index contributed by atoms with van der Waals surface area (Å²) in [6.07, 6.45) is 0.856. The zero-order valence-electron chi connectivity index (χ0n) is 9.57. The molecule has 16 heavy (non-hydrogen) atoms. The molecule has 1 rings (SSSR count). The van der Waals surface area contributed by atoms with Crippen molar-refractivity contribution in [3.05, 3.63) is 28.2 Å². The summed E-state index contributed by atoms with van der Waals surface area (Å²) in [5.74, 6) is 0.285. The zero-order valence-corrected chi connectivity index (χ0v) is 11.2. The fraction of sp³-hybridized carbons (Fsp3) is 0.500. The molecular weight excluding hydrogens is 270 g/mol. The molecule has 1 aromatic rings. The third-order valence-electron chi connectivity index (χ3n) is 2.53. The van der Waals surface area contributed by atoms with E-state index in [1.54, 1.807) is 12.1 Å². The lowest BCUT2D eigenvalue weighted by atomic mass is 10.0. The molecule has 2 atom stereocenters. The third-order valence-corrected chi connectivity index (χ3v) is 3.03. The molecule has 0 aliphatic rings. The monoisotopic (exact) mass is 287 g/mol. The summed E-state index contributed by atoms with van der Waals surface area (Å²) in [6.45, 7) is 4.05. The molecule has 0 fully saturated rings. The van der Waals surface area contributed by atoms with Crippen molar-refractivity contribution in [2.24, 2.45) is 0 Å². The normalized spacial score (nSPS) is 14.8. The van der Waals surface area contributed by atoms with Crippen molar-refractivity contribution in [2.45, 2.75) is 32.4 Å². The van der Waals surface area contributed by atoms with Crippen LogP contribution in [-0.4, -0.2) is 22.9 Å². The minimum atomic E-state index is 0.0170. The van der Waals surface area contributed by atoms with Gasteiger partial charge in [0, 0.05) is 22.1 Å². The number of hydrogen-bond donors (Lipinski definition) is 3. The van der Waals surface area contributed by atoms with Gasteiger partial charge in [-0.25, -0.2) is 0 Å². The lowest BCUT2D eigenvalue weighted by Crippen LogP contribution is -2.32. The topological polar surface area (TPSA) is 52.5 Å². The summed E-state index contributed by atoms with van der Waals surface area (Å²) < 4.78 is 0.942. The molecule has 0 saturated carbocycles. The SMILES string of the molecule is CCC(N[C@H](C)CO)c1cc(Br)ccc1O. The maximum absolute atomic E-state index is 9.80. The average Bonchev–Trinajstić information content (AvgIpc) is 2.29. The molecule has 0 aliphatic carbocycles. The highest BCUT2D eigenvalue weighted by Gasteiger charge is 2.15. The minimum Gasteiger partial charge on any atom is -0.508 e. The number of hydrogen-bond acceptors (Lipinski definition) is 3. The first-order valence-corrected chi connectivity index (χ1v) is 6.23. The molecule has 1 aromatic carbocycles. The van der Waals surface area contributed by atoms with Gasteiger partial charge in [0.2, 0.25) is 0 Å². The lowest BCUT2D eigenvalue weighted by Gasteiger charge is -2.22. The summed E-state index contributed by atoms with van der Waals surface area (Å²) in [6, 6.07) is 5.46. The number of aliphatic hydroxyl groups is 1. The maximum atomic E-state index is 9.80. The van der Waals surface area contributed by atoms with E-state index in [0.717, 1.165) is 16.5 Å². The first-order valence-electron chi connectivity index (χ1n) is 5.43. The molecule has 0 amide bonds. The van der Waals surface area contributed by atoms with Crippen LogP contribution in [-0.2, 0) is 0 Å². The molecule has 0 aliphatic heterocycles. The van der Waals surface area contributed by atoms with Crippen molar-refractivity contribution < 1.29 is 10.2 Å². The molecule has 0 aromatic heterocycles. The summed E-state index contributed by atoms with van der Waals surface area (Å²) in [7, 11) is 0. The van der Waals surface area contributed by atoms with Gasteiger partial charge in [-0.3, -0.25) is 0 Å².